The highest BCUT2D eigenvalue weighted by atomic mass is 32.2. The van der Waals surface area contributed by atoms with Crippen LogP contribution in [-0.2, 0) is 26.2 Å². The monoisotopic (exact) mass is 493 g/mol. The standard InChI is InChI=1S/C27H31N3O4S/c1-3-19-28-27(32)22(2)29(20-23-13-7-4-8-14-23)26(31)21-30(24-15-9-5-10-16-24)35(33,34)25-17-11-6-12-18-25/h4-18,22H,3,19-21H2,1-2H3,(H,28,32). The van der Waals surface area contributed by atoms with Gasteiger partial charge >= 0.3 is 0 Å². The molecule has 0 aromatic heterocycles. The van der Waals surface area contributed by atoms with Gasteiger partial charge in [0.05, 0.1) is 10.6 Å². The second-order valence-electron chi connectivity index (χ2n) is 8.13. The summed E-state index contributed by atoms with van der Waals surface area (Å²) in [6.07, 6.45) is 0.766. The van der Waals surface area contributed by atoms with Gasteiger partial charge in [0.1, 0.15) is 12.6 Å². The molecule has 184 valence electrons. The maximum Gasteiger partial charge on any atom is 0.264 e. The fourth-order valence-electron chi connectivity index (χ4n) is 3.60. The number of amides is 2. The Bertz CT molecular complexity index is 1200. The van der Waals surface area contributed by atoms with Crippen molar-refractivity contribution >= 4 is 27.5 Å². The molecule has 1 N–H and O–H groups in total. The third-order valence-electron chi connectivity index (χ3n) is 5.57. The Hall–Kier alpha value is -3.65. The highest BCUT2D eigenvalue weighted by Gasteiger charge is 2.32. The summed E-state index contributed by atoms with van der Waals surface area (Å²) in [5.41, 5.74) is 1.21. The van der Waals surface area contributed by atoms with Gasteiger partial charge in [0, 0.05) is 13.1 Å². The smallest absolute Gasteiger partial charge is 0.264 e. The first kappa shape index (κ1) is 26.0. The average molecular weight is 494 g/mol. The molecule has 0 aliphatic carbocycles. The predicted molar refractivity (Wildman–Crippen MR) is 137 cm³/mol. The summed E-state index contributed by atoms with van der Waals surface area (Å²) in [6.45, 7) is 3.83. The number of para-hydroxylation sites is 1. The van der Waals surface area contributed by atoms with Crippen molar-refractivity contribution in [1.29, 1.82) is 0 Å². The number of sulfonamides is 1. The number of carbonyl (C=O) groups excluding carboxylic acids is 2. The number of nitrogens with zero attached hydrogens (tertiary/aromatic N) is 2. The molecule has 0 aliphatic heterocycles. The number of hydrogen-bond acceptors (Lipinski definition) is 4. The third kappa shape index (κ3) is 6.70. The largest absolute Gasteiger partial charge is 0.354 e. The SMILES string of the molecule is CCCNC(=O)C(C)N(Cc1ccccc1)C(=O)CN(c1ccccc1)S(=O)(=O)c1ccccc1. The summed E-state index contributed by atoms with van der Waals surface area (Å²) in [5.74, 6) is -0.760. The molecule has 0 spiro atoms. The molecule has 0 saturated heterocycles. The summed E-state index contributed by atoms with van der Waals surface area (Å²) >= 11 is 0. The zero-order chi connectivity index (χ0) is 25.3. The number of nitrogens with one attached hydrogen (secondary N) is 1. The van der Waals surface area contributed by atoms with Gasteiger partial charge in [0.15, 0.2) is 0 Å². The molecule has 0 heterocycles. The zero-order valence-corrected chi connectivity index (χ0v) is 20.8. The van der Waals surface area contributed by atoms with Crippen LogP contribution in [0.2, 0.25) is 0 Å². The summed E-state index contributed by atoms with van der Waals surface area (Å²) in [5, 5.41) is 2.83. The number of rotatable bonds is 11. The van der Waals surface area contributed by atoms with Crippen molar-refractivity contribution in [2.75, 3.05) is 17.4 Å². The lowest BCUT2D eigenvalue weighted by Gasteiger charge is -2.32. The van der Waals surface area contributed by atoms with Crippen LogP contribution in [-0.4, -0.2) is 44.3 Å². The number of anilines is 1. The van der Waals surface area contributed by atoms with Crippen LogP contribution in [0.3, 0.4) is 0 Å². The van der Waals surface area contributed by atoms with Gasteiger partial charge in [-0.2, -0.15) is 0 Å². The molecule has 3 aromatic rings. The predicted octanol–water partition coefficient (Wildman–Crippen LogP) is 3.83. The van der Waals surface area contributed by atoms with Crippen molar-refractivity contribution in [3.05, 3.63) is 96.6 Å². The van der Waals surface area contributed by atoms with E-state index in [2.05, 4.69) is 5.32 Å². The van der Waals surface area contributed by atoms with E-state index in [9.17, 15) is 18.0 Å². The van der Waals surface area contributed by atoms with Crippen LogP contribution in [0, 0.1) is 0 Å². The van der Waals surface area contributed by atoms with Crippen molar-refractivity contribution in [2.24, 2.45) is 0 Å². The van der Waals surface area contributed by atoms with Gasteiger partial charge in [-0.3, -0.25) is 13.9 Å². The lowest BCUT2D eigenvalue weighted by molar-refractivity contribution is -0.139. The van der Waals surface area contributed by atoms with Crippen LogP contribution in [0.4, 0.5) is 5.69 Å². The first-order valence-electron chi connectivity index (χ1n) is 11.6. The van der Waals surface area contributed by atoms with Crippen LogP contribution >= 0.6 is 0 Å². The Morgan fingerprint density at radius 3 is 1.97 bits per heavy atom. The van der Waals surface area contributed by atoms with Gasteiger partial charge < -0.3 is 10.2 Å². The molecule has 35 heavy (non-hydrogen) atoms. The maximum absolute atomic E-state index is 13.7. The Labute approximate surface area is 207 Å². The minimum Gasteiger partial charge on any atom is -0.354 e. The fourth-order valence-corrected chi connectivity index (χ4v) is 5.04. The highest BCUT2D eigenvalue weighted by molar-refractivity contribution is 7.92. The van der Waals surface area contributed by atoms with Crippen LogP contribution in [0.1, 0.15) is 25.8 Å². The van der Waals surface area contributed by atoms with Crippen LogP contribution in [0.5, 0.6) is 0 Å². The summed E-state index contributed by atoms with van der Waals surface area (Å²) < 4.78 is 28.2. The summed E-state index contributed by atoms with van der Waals surface area (Å²) in [7, 11) is -4.03. The van der Waals surface area contributed by atoms with Crippen LogP contribution in [0.15, 0.2) is 95.9 Å². The van der Waals surface area contributed by atoms with Crippen molar-refractivity contribution in [2.45, 2.75) is 37.8 Å². The summed E-state index contributed by atoms with van der Waals surface area (Å²) in [6, 6.07) is 25.0. The van der Waals surface area contributed by atoms with Crippen molar-refractivity contribution < 1.29 is 18.0 Å². The molecule has 3 aromatic carbocycles. The van der Waals surface area contributed by atoms with E-state index < -0.39 is 28.5 Å². The molecule has 0 aliphatic rings. The van der Waals surface area contributed by atoms with E-state index >= 15 is 0 Å². The number of hydrogen-bond donors (Lipinski definition) is 1. The van der Waals surface area contributed by atoms with Crippen LogP contribution in [0.25, 0.3) is 0 Å². The molecule has 8 heteroatoms. The number of carbonyl (C=O) groups is 2. The van der Waals surface area contributed by atoms with Gasteiger partial charge in [0.2, 0.25) is 11.8 Å². The van der Waals surface area contributed by atoms with E-state index in [4.69, 9.17) is 0 Å². The fraction of sp³-hybridized carbons (Fsp3) is 0.259. The molecule has 1 unspecified atom stereocenters. The minimum atomic E-state index is -4.03. The molecule has 1 atom stereocenters. The highest BCUT2D eigenvalue weighted by Crippen LogP contribution is 2.24. The van der Waals surface area contributed by atoms with Crippen molar-refractivity contribution in [3.63, 3.8) is 0 Å². The zero-order valence-electron chi connectivity index (χ0n) is 20.0. The lowest BCUT2D eigenvalue weighted by atomic mass is 10.1. The van der Waals surface area contributed by atoms with E-state index in [0.29, 0.717) is 12.2 Å². The van der Waals surface area contributed by atoms with Crippen LogP contribution < -0.4 is 9.62 Å². The van der Waals surface area contributed by atoms with E-state index in [1.54, 1.807) is 55.5 Å². The second kappa shape index (κ2) is 12.2. The Balaban J connectivity index is 1.96. The Morgan fingerprint density at radius 1 is 0.857 bits per heavy atom. The average Bonchev–Trinajstić information content (AvgIpc) is 2.90. The molecule has 0 fully saturated rings. The normalized spacial score (nSPS) is 11.9. The van der Waals surface area contributed by atoms with E-state index in [0.717, 1.165) is 16.3 Å². The molecular weight excluding hydrogens is 462 g/mol. The Morgan fingerprint density at radius 2 is 1.40 bits per heavy atom. The van der Waals surface area contributed by atoms with Gasteiger partial charge in [0.25, 0.3) is 10.0 Å². The topological polar surface area (TPSA) is 86.8 Å². The van der Waals surface area contributed by atoms with Gasteiger partial charge in [-0.15, -0.1) is 0 Å². The van der Waals surface area contributed by atoms with Gasteiger partial charge in [-0.05, 0) is 43.2 Å². The first-order valence-corrected chi connectivity index (χ1v) is 13.0. The molecular formula is C27H31N3O4S. The molecule has 0 bridgehead atoms. The van der Waals surface area contributed by atoms with Crippen molar-refractivity contribution in [3.8, 4) is 0 Å². The summed E-state index contributed by atoms with van der Waals surface area (Å²) in [4.78, 5) is 28.0. The van der Waals surface area contributed by atoms with E-state index in [1.807, 2.05) is 37.3 Å². The van der Waals surface area contributed by atoms with Gasteiger partial charge in [-0.1, -0.05) is 73.7 Å². The first-order chi connectivity index (χ1) is 16.8. The van der Waals surface area contributed by atoms with Gasteiger partial charge in [-0.25, -0.2) is 8.42 Å². The van der Waals surface area contributed by atoms with E-state index in [1.165, 1.54) is 17.0 Å². The van der Waals surface area contributed by atoms with Crippen molar-refractivity contribution in [1.82, 2.24) is 10.2 Å². The molecule has 2 amide bonds. The maximum atomic E-state index is 13.7. The molecule has 0 saturated carbocycles. The third-order valence-corrected chi connectivity index (χ3v) is 7.35. The molecule has 7 nitrogen and oxygen atoms in total. The minimum absolute atomic E-state index is 0.0833. The number of benzene rings is 3. The molecule has 3 rings (SSSR count). The quantitative estimate of drug-likeness (QED) is 0.440. The second-order valence-corrected chi connectivity index (χ2v) is 10.00. The lowest BCUT2D eigenvalue weighted by Crippen LogP contribution is -2.51. The molecule has 0 radical (unpaired) electrons. The Kier molecular flexibility index (Phi) is 9.03. The van der Waals surface area contributed by atoms with E-state index in [-0.39, 0.29) is 17.3 Å².